The van der Waals surface area contributed by atoms with E-state index in [1.54, 1.807) is 19.1 Å². The van der Waals surface area contributed by atoms with E-state index in [1.165, 1.54) is 6.42 Å². The molecule has 0 aromatic heterocycles. The smallest absolute Gasteiger partial charge is 0.338 e. The van der Waals surface area contributed by atoms with Crippen LogP contribution in [0.25, 0.3) is 0 Å². The summed E-state index contributed by atoms with van der Waals surface area (Å²) >= 11 is 6.39. The zero-order valence-electron chi connectivity index (χ0n) is 19.0. The first kappa shape index (κ1) is 24.1. The van der Waals surface area contributed by atoms with Crippen LogP contribution in [0.15, 0.2) is 42.5 Å². The number of piperidine rings is 1. The summed E-state index contributed by atoms with van der Waals surface area (Å²) in [5.41, 5.74) is 9.45. The maximum atomic E-state index is 12.8. The van der Waals surface area contributed by atoms with Crippen LogP contribution in [0.4, 0.5) is 5.69 Å². The molecule has 0 saturated carbocycles. The van der Waals surface area contributed by atoms with Gasteiger partial charge in [-0.3, -0.25) is 4.79 Å². The number of nitrogens with zero attached hydrogens (tertiary/aromatic N) is 1. The molecule has 2 N–H and O–H groups in total. The lowest BCUT2D eigenvalue weighted by molar-refractivity contribution is -0.120. The van der Waals surface area contributed by atoms with Gasteiger partial charge in [0.2, 0.25) is 5.91 Å². The van der Waals surface area contributed by atoms with Crippen LogP contribution in [-0.4, -0.2) is 31.6 Å². The summed E-state index contributed by atoms with van der Waals surface area (Å²) in [5.74, 6) is -1.33. The first-order valence-electron chi connectivity index (χ1n) is 11.6. The van der Waals surface area contributed by atoms with E-state index < -0.39 is 5.92 Å². The third-order valence-corrected chi connectivity index (χ3v) is 6.41. The van der Waals surface area contributed by atoms with E-state index in [-0.39, 0.29) is 17.8 Å². The average molecular weight is 457 g/mol. The van der Waals surface area contributed by atoms with Gasteiger partial charge in [-0.05, 0) is 68.0 Å². The Morgan fingerprint density at radius 2 is 1.75 bits per heavy atom. The fourth-order valence-corrected chi connectivity index (χ4v) is 4.85. The number of halogens is 1. The number of carbonyl (C=O) groups is 2. The fraction of sp³-hybridized carbons (Fsp3) is 0.462. The highest BCUT2D eigenvalue weighted by atomic mass is 35.5. The van der Waals surface area contributed by atoms with E-state index in [0.717, 1.165) is 55.6 Å². The molecule has 0 spiro atoms. The van der Waals surface area contributed by atoms with Crippen molar-refractivity contribution < 1.29 is 14.3 Å². The van der Waals surface area contributed by atoms with Crippen molar-refractivity contribution in [3.8, 4) is 0 Å². The Bertz CT molecular complexity index is 923. The van der Waals surface area contributed by atoms with E-state index in [4.69, 9.17) is 22.1 Å². The molecular weight excluding hydrogens is 424 g/mol. The lowest BCUT2D eigenvalue weighted by Gasteiger charge is -2.34. The van der Waals surface area contributed by atoms with Crippen molar-refractivity contribution in [3.05, 3.63) is 64.2 Å². The van der Waals surface area contributed by atoms with Crippen LogP contribution in [0.2, 0.25) is 5.02 Å². The maximum Gasteiger partial charge on any atom is 0.338 e. The second-order valence-corrected chi connectivity index (χ2v) is 8.80. The first-order valence-corrected chi connectivity index (χ1v) is 11.9. The van der Waals surface area contributed by atoms with Crippen LogP contribution < -0.4 is 10.6 Å². The molecule has 1 aliphatic rings. The number of rotatable bonds is 9. The van der Waals surface area contributed by atoms with Crippen LogP contribution in [0.5, 0.6) is 0 Å². The number of amides is 1. The molecule has 2 aromatic carbocycles. The Hall–Kier alpha value is -2.53. The zero-order valence-corrected chi connectivity index (χ0v) is 19.7. The number of hydrogen-bond acceptors (Lipinski definition) is 4. The summed E-state index contributed by atoms with van der Waals surface area (Å²) in [6, 6.07) is 13.0. The highest BCUT2D eigenvalue weighted by Crippen LogP contribution is 2.42. The molecule has 2 aromatic rings. The maximum absolute atomic E-state index is 12.8. The van der Waals surface area contributed by atoms with Gasteiger partial charge in [-0.25, -0.2) is 4.79 Å². The monoisotopic (exact) mass is 456 g/mol. The van der Waals surface area contributed by atoms with Gasteiger partial charge in [-0.2, -0.15) is 0 Å². The van der Waals surface area contributed by atoms with Crippen LogP contribution in [0, 0.1) is 0 Å². The normalized spacial score (nSPS) is 15.8. The molecule has 2 unspecified atom stereocenters. The number of primary amides is 1. The first-order chi connectivity index (χ1) is 15.5. The molecule has 172 valence electrons. The molecule has 0 radical (unpaired) electrons. The minimum Gasteiger partial charge on any atom is -0.462 e. The Morgan fingerprint density at radius 1 is 1.06 bits per heavy atom. The van der Waals surface area contributed by atoms with Gasteiger partial charge >= 0.3 is 5.97 Å². The average Bonchev–Trinajstić information content (AvgIpc) is 2.80. The molecule has 3 rings (SSSR count). The van der Waals surface area contributed by atoms with Crippen molar-refractivity contribution in [2.75, 3.05) is 24.6 Å². The van der Waals surface area contributed by atoms with Crippen LogP contribution in [0.1, 0.15) is 79.3 Å². The predicted molar refractivity (Wildman–Crippen MR) is 129 cm³/mol. The molecule has 5 nitrogen and oxygen atoms in total. The van der Waals surface area contributed by atoms with Crippen molar-refractivity contribution >= 4 is 29.2 Å². The van der Waals surface area contributed by atoms with Crippen molar-refractivity contribution in [1.82, 2.24) is 0 Å². The molecule has 0 bridgehead atoms. The second kappa shape index (κ2) is 11.4. The Labute approximate surface area is 195 Å². The standard InChI is InChI=1S/C26H33ClN2O3/c1-3-8-22(21-14-13-20(27)17-23(21)29-15-6-5-7-16-29)24(25(28)30)18-9-11-19(12-10-18)26(31)32-4-2/h9-14,17,22,24H,3-8,15-16H2,1-2H3,(H2,28,30). The molecule has 1 saturated heterocycles. The zero-order chi connectivity index (χ0) is 23.1. The minimum atomic E-state index is -0.504. The molecule has 1 amide bonds. The SMILES string of the molecule is CCCC(c1ccc(Cl)cc1N1CCCCC1)C(C(N)=O)c1ccc(C(=O)OCC)cc1. The molecule has 32 heavy (non-hydrogen) atoms. The van der Waals surface area contributed by atoms with Gasteiger partial charge in [-0.1, -0.05) is 43.1 Å². The van der Waals surface area contributed by atoms with Gasteiger partial charge in [0.15, 0.2) is 0 Å². The van der Waals surface area contributed by atoms with Gasteiger partial charge in [0.25, 0.3) is 0 Å². The van der Waals surface area contributed by atoms with Gasteiger partial charge in [0.1, 0.15) is 0 Å². The second-order valence-electron chi connectivity index (χ2n) is 8.37. The van der Waals surface area contributed by atoms with Gasteiger partial charge in [0.05, 0.1) is 18.1 Å². The van der Waals surface area contributed by atoms with Crippen molar-refractivity contribution in [1.29, 1.82) is 0 Å². The lowest BCUT2D eigenvalue weighted by atomic mass is 9.77. The van der Waals surface area contributed by atoms with E-state index in [1.807, 2.05) is 24.3 Å². The van der Waals surface area contributed by atoms with Crippen LogP contribution >= 0.6 is 11.6 Å². The third kappa shape index (κ3) is 5.63. The number of anilines is 1. The fourth-order valence-electron chi connectivity index (χ4n) is 4.69. The number of hydrogen-bond donors (Lipinski definition) is 1. The number of carbonyl (C=O) groups excluding carboxylic acids is 2. The minimum absolute atomic E-state index is 0.0832. The summed E-state index contributed by atoms with van der Waals surface area (Å²) in [4.78, 5) is 27.2. The van der Waals surface area contributed by atoms with Crippen LogP contribution in [-0.2, 0) is 9.53 Å². The summed E-state index contributed by atoms with van der Waals surface area (Å²) in [6.45, 7) is 6.18. The molecule has 6 heteroatoms. The number of esters is 1. The summed E-state index contributed by atoms with van der Waals surface area (Å²) < 4.78 is 5.08. The molecule has 1 aliphatic heterocycles. The van der Waals surface area contributed by atoms with Gasteiger partial charge in [0, 0.05) is 29.7 Å². The van der Waals surface area contributed by atoms with E-state index in [0.29, 0.717) is 17.2 Å². The largest absolute Gasteiger partial charge is 0.462 e. The van der Waals surface area contributed by atoms with Crippen molar-refractivity contribution in [2.45, 2.75) is 57.8 Å². The highest BCUT2D eigenvalue weighted by molar-refractivity contribution is 6.30. The van der Waals surface area contributed by atoms with E-state index in [9.17, 15) is 9.59 Å². The van der Waals surface area contributed by atoms with E-state index in [2.05, 4.69) is 17.9 Å². The van der Waals surface area contributed by atoms with Crippen LogP contribution in [0.3, 0.4) is 0 Å². The molecule has 1 heterocycles. The summed E-state index contributed by atoms with van der Waals surface area (Å²) in [6.07, 6.45) is 5.27. The summed E-state index contributed by atoms with van der Waals surface area (Å²) in [7, 11) is 0. The predicted octanol–water partition coefficient (Wildman–Crippen LogP) is 5.66. The number of nitrogens with two attached hydrogens (primary N) is 1. The highest BCUT2D eigenvalue weighted by Gasteiger charge is 2.32. The topological polar surface area (TPSA) is 72.6 Å². The van der Waals surface area contributed by atoms with Crippen molar-refractivity contribution in [2.24, 2.45) is 5.73 Å². The lowest BCUT2D eigenvalue weighted by Crippen LogP contribution is -2.32. The number of ether oxygens (including phenoxy) is 1. The van der Waals surface area contributed by atoms with Gasteiger partial charge in [-0.15, -0.1) is 0 Å². The Morgan fingerprint density at radius 3 is 2.34 bits per heavy atom. The third-order valence-electron chi connectivity index (χ3n) is 6.18. The van der Waals surface area contributed by atoms with Crippen molar-refractivity contribution in [3.63, 3.8) is 0 Å². The van der Waals surface area contributed by atoms with E-state index >= 15 is 0 Å². The Kier molecular flexibility index (Phi) is 8.57. The van der Waals surface area contributed by atoms with Gasteiger partial charge < -0.3 is 15.4 Å². The molecule has 2 atom stereocenters. The Balaban J connectivity index is 2.02. The molecule has 0 aliphatic carbocycles. The molecule has 1 fully saturated rings. The molecular formula is C26H33ClN2O3. The summed E-state index contributed by atoms with van der Waals surface area (Å²) in [5, 5.41) is 0.694. The quantitative estimate of drug-likeness (QED) is 0.494. The number of benzene rings is 2.